The van der Waals surface area contributed by atoms with Crippen LogP contribution in [0.5, 0.6) is 5.75 Å². The smallest absolute Gasteiger partial charge is 0.251 e. The molecule has 0 fully saturated rings. The van der Waals surface area contributed by atoms with E-state index in [1.54, 1.807) is 30.9 Å². The number of aromatic nitrogens is 1. The molecule has 3 rings (SSSR count). The van der Waals surface area contributed by atoms with E-state index in [2.05, 4.69) is 10.3 Å². The van der Waals surface area contributed by atoms with Gasteiger partial charge < -0.3 is 10.1 Å². The maximum absolute atomic E-state index is 13.0. The predicted octanol–water partition coefficient (Wildman–Crippen LogP) is 5.07. The van der Waals surface area contributed by atoms with Gasteiger partial charge >= 0.3 is 0 Å². The lowest BCUT2D eigenvalue weighted by Crippen LogP contribution is -2.29. The molecule has 2 aromatic carbocycles. The second-order valence-corrected chi connectivity index (χ2v) is 8.04. The molecular weight excluding hydrogens is 430 g/mol. The Morgan fingerprint density at radius 1 is 0.941 bits per heavy atom. The Balaban J connectivity index is 1.77. The average molecular weight is 462 g/mol. The number of ether oxygens (including phenoxy) is 1. The monoisotopic (exact) mass is 461 g/mol. The summed E-state index contributed by atoms with van der Waals surface area (Å²) in [6.45, 7) is 0. The van der Waals surface area contributed by atoms with Gasteiger partial charge in [0.2, 0.25) is 5.91 Å². The van der Waals surface area contributed by atoms with Gasteiger partial charge in [0, 0.05) is 23.7 Å². The van der Waals surface area contributed by atoms with Crippen LogP contribution in [0.15, 0.2) is 72.9 Å². The van der Waals surface area contributed by atoms with Crippen molar-refractivity contribution in [1.82, 2.24) is 15.8 Å². The molecule has 0 bridgehead atoms. The van der Waals surface area contributed by atoms with E-state index < -0.39 is 0 Å². The summed E-state index contributed by atoms with van der Waals surface area (Å²) in [5, 5.41) is 11.8. The lowest BCUT2D eigenvalue weighted by Gasteiger charge is -2.21. The van der Waals surface area contributed by atoms with E-state index in [0.29, 0.717) is 24.8 Å². The molecule has 7 heteroatoms. The molecule has 0 saturated heterocycles. The van der Waals surface area contributed by atoms with Crippen LogP contribution >= 0.6 is 0 Å². The zero-order chi connectivity index (χ0) is 24.2. The fourth-order valence-corrected chi connectivity index (χ4v) is 3.86. The minimum absolute atomic E-state index is 0.142. The molecule has 34 heavy (non-hydrogen) atoms. The summed E-state index contributed by atoms with van der Waals surface area (Å²) < 4.78 is 5.28. The summed E-state index contributed by atoms with van der Waals surface area (Å²) in [4.78, 5) is 28.8. The SMILES string of the molecule is COc1ccc(-c2cccnc2C(CCCCCCC(=O)NO)NC(=O)c2ccccc2)cc1. The van der Waals surface area contributed by atoms with Crippen molar-refractivity contribution in [3.05, 3.63) is 84.2 Å². The quantitative estimate of drug-likeness (QED) is 0.199. The van der Waals surface area contributed by atoms with Crippen molar-refractivity contribution in [2.24, 2.45) is 0 Å². The Morgan fingerprint density at radius 2 is 1.68 bits per heavy atom. The number of methoxy groups -OCH3 is 1. The molecule has 0 radical (unpaired) electrons. The molecule has 178 valence electrons. The molecule has 1 atom stereocenters. The number of nitrogens with one attached hydrogen (secondary N) is 2. The number of hydrogen-bond acceptors (Lipinski definition) is 5. The molecule has 0 saturated carbocycles. The minimum Gasteiger partial charge on any atom is -0.497 e. The predicted molar refractivity (Wildman–Crippen MR) is 131 cm³/mol. The first-order chi connectivity index (χ1) is 16.6. The van der Waals surface area contributed by atoms with Gasteiger partial charge in [0.15, 0.2) is 0 Å². The first-order valence-electron chi connectivity index (χ1n) is 11.5. The van der Waals surface area contributed by atoms with Crippen molar-refractivity contribution in [2.75, 3.05) is 7.11 Å². The first-order valence-corrected chi connectivity index (χ1v) is 11.5. The van der Waals surface area contributed by atoms with Crippen LogP contribution in [-0.4, -0.2) is 29.1 Å². The van der Waals surface area contributed by atoms with Gasteiger partial charge in [-0.3, -0.25) is 19.8 Å². The topological polar surface area (TPSA) is 101 Å². The molecule has 0 aliphatic carbocycles. The molecule has 1 aromatic heterocycles. The number of rotatable bonds is 12. The van der Waals surface area contributed by atoms with Crippen molar-refractivity contribution in [3.8, 4) is 16.9 Å². The van der Waals surface area contributed by atoms with Gasteiger partial charge in [-0.1, -0.05) is 55.7 Å². The molecule has 1 heterocycles. The Labute approximate surface area is 200 Å². The van der Waals surface area contributed by atoms with Crippen molar-refractivity contribution < 1.29 is 19.5 Å². The highest BCUT2D eigenvalue weighted by molar-refractivity contribution is 5.94. The van der Waals surface area contributed by atoms with Crippen molar-refractivity contribution in [3.63, 3.8) is 0 Å². The van der Waals surface area contributed by atoms with E-state index in [9.17, 15) is 9.59 Å². The lowest BCUT2D eigenvalue weighted by molar-refractivity contribution is -0.129. The second-order valence-electron chi connectivity index (χ2n) is 8.04. The number of hydrogen-bond donors (Lipinski definition) is 3. The molecule has 7 nitrogen and oxygen atoms in total. The van der Waals surface area contributed by atoms with Crippen LogP contribution in [0.4, 0.5) is 0 Å². The zero-order valence-electron chi connectivity index (χ0n) is 19.4. The van der Waals surface area contributed by atoms with Gasteiger partial charge in [0.1, 0.15) is 5.75 Å². The number of unbranched alkanes of at least 4 members (excludes halogenated alkanes) is 3. The van der Waals surface area contributed by atoms with E-state index in [0.717, 1.165) is 41.8 Å². The largest absolute Gasteiger partial charge is 0.497 e. The standard InChI is InChI=1S/C27H31N3O4/c1-34-22-17-15-20(16-18-22)23-12-9-19-28-26(23)24(13-7-2-3-8-14-25(31)30-33)29-27(32)21-10-5-4-6-11-21/h4-6,9-12,15-19,24,33H,2-3,7-8,13-14H2,1H3,(H,29,32)(H,30,31). The first kappa shape index (κ1) is 24.9. The fraction of sp³-hybridized carbons (Fsp3) is 0.296. The Bertz CT molecular complexity index is 1050. The summed E-state index contributed by atoms with van der Waals surface area (Å²) in [5.41, 5.74) is 5.04. The molecule has 2 amide bonds. The molecule has 0 spiro atoms. The third kappa shape index (κ3) is 7.15. The van der Waals surface area contributed by atoms with Crippen LogP contribution < -0.4 is 15.5 Å². The van der Waals surface area contributed by atoms with Crippen molar-refractivity contribution in [1.29, 1.82) is 0 Å². The van der Waals surface area contributed by atoms with Crippen LogP contribution in [0.3, 0.4) is 0 Å². The number of nitrogens with zero attached hydrogens (tertiary/aromatic N) is 1. The Hall–Kier alpha value is -3.71. The maximum Gasteiger partial charge on any atom is 0.251 e. The summed E-state index contributed by atoms with van der Waals surface area (Å²) in [5.74, 6) is 0.264. The summed E-state index contributed by atoms with van der Waals surface area (Å²) in [6, 6.07) is 20.6. The normalized spacial score (nSPS) is 11.5. The van der Waals surface area contributed by atoms with Crippen LogP contribution in [0.2, 0.25) is 0 Å². The van der Waals surface area contributed by atoms with E-state index in [1.165, 1.54) is 0 Å². The number of carbonyl (C=O) groups excluding carboxylic acids is 2. The summed E-state index contributed by atoms with van der Waals surface area (Å²) in [6.07, 6.45) is 6.09. The third-order valence-electron chi connectivity index (χ3n) is 5.68. The molecule has 3 aromatic rings. The van der Waals surface area contributed by atoms with Gasteiger partial charge in [-0.15, -0.1) is 0 Å². The highest BCUT2D eigenvalue weighted by Crippen LogP contribution is 2.31. The van der Waals surface area contributed by atoms with Gasteiger partial charge in [-0.05, 0) is 48.7 Å². The fourth-order valence-electron chi connectivity index (χ4n) is 3.86. The number of carbonyl (C=O) groups is 2. The van der Waals surface area contributed by atoms with Crippen LogP contribution in [0.1, 0.15) is 60.6 Å². The van der Waals surface area contributed by atoms with E-state index in [-0.39, 0.29) is 17.9 Å². The number of hydroxylamine groups is 1. The third-order valence-corrected chi connectivity index (χ3v) is 5.68. The molecule has 1 unspecified atom stereocenters. The molecule has 0 aliphatic heterocycles. The van der Waals surface area contributed by atoms with E-state index in [1.807, 2.05) is 54.6 Å². The van der Waals surface area contributed by atoms with Crippen LogP contribution in [-0.2, 0) is 4.79 Å². The minimum atomic E-state index is -0.370. The Morgan fingerprint density at radius 3 is 2.38 bits per heavy atom. The highest BCUT2D eigenvalue weighted by atomic mass is 16.5. The van der Waals surface area contributed by atoms with Crippen LogP contribution in [0.25, 0.3) is 11.1 Å². The lowest BCUT2D eigenvalue weighted by atomic mass is 9.95. The van der Waals surface area contributed by atoms with Gasteiger partial charge in [-0.25, -0.2) is 5.48 Å². The van der Waals surface area contributed by atoms with Crippen molar-refractivity contribution in [2.45, 2.75) is 44.6 Å². The van der Waals surface area contributed by atoms with Crippen LogP contribution in [0, 0.1) is 0 Å². The van der Waals surface area contributed by atoms with Gasteiger partial charge in [0.05, 0.1) is 18.8 Å². The van der Waals surface area contributed by atoms with Gasteiger partial charge in [0.25, 0.3) is 5.91 Å². The Kier molecular flexibility index (Phi) is 9.61. The van der Waals surface area contributed by atoms with E-state index in [4.69, 9.17) is 9.94 Å². The second kappa shape index (κ2) is 13.1. The number of pyridine rings is 1. The van der Waals surface area contributed by atoms with Gasteiger partial charge in [-0.2, -0.15) is 0 Å². The maximum atomic E-state index is 13.0. The zero-order valence-corrected chi connectivity index (χ0v) is 19.4. The summed E-state index contributed by atoms with van der Waals surface area (Å²) in [7, 11) is 1.63. The average Bonchev–Trinajstić information content (AvgIpc) is 2.90. The van der Waals surface area contributed by atoms with E-state index >= 15 is 0 Å². The highest BCUT2D eigenvalue weighted by Gasteiger charge is 2.20. The number of amides is 2. The number of benzene rings is 2. The van der Waals surface area contributed by atoms with Crippen molar-refractivity contribution >= 4 is 11.8 Å². The molecule has 3 N–H and O–H groups in total. The summed E-state index contributed by atoms with van der Waals surface area (Å²) >= 11 is 0. The molecular formula is C27H31N3O4. The molecule has 0 aliphatic rings.